The van der Waals surface area contributed by atoms with E-state index < -0.39 is 0 Å². The Morgan fingerprint density at radius 1 is 1.04 bits per heavy atom. The van der Waals surface area contributed by atoms with E-state index in [4.69, 9.17) is 14.2 Å². The lowest BCUT2D eigenvalue weighted by Gasteiger charge is -2.13. The largest absolute Gasteiger partial charge is 0.496 e. The minimum Gasteiger partial charge on any atom is -0.496 e. The number of carbonyl (C=O) groups is 1. The fraction of sp³-hybridized carbons (Fsp3) is 0.278. The van der Waals surface area contributed by atoms with Gasteiger partial charge in [0, 0.05) is 11.1 Å². The maximum atomic E-state index is 12.2. The maximum Gasteiger partial charge on any atom is 0.251 e. The number of carbonyl (C=O) groups excluding carboxylic acids is 1. The van der Waals surface area contributed by atoms with Crippen LogP contribution >= 0.6 is 0 Å². The van der Waals surface area contributed by atoms with Crippen molar-refractivity contribution in [1.82, 2.24) is 5.32 Å². The first kappa shape index (κ1) is 16.7. The highest BCUT2D eigenvalue weighted by Gasteiger charge is 2.13. The fourth-order valence-electron chi connectivity index (χ4n) is 2.17. The number of hydrogen-bond donors (Lipinski definition) is 1. The number of hydrogen-bond acceptors (Lipinski definition) is 4. The first-order valence-electron chi connectivity index (χ1n) is 7.34. The molecule has 2 rings (SSSR count). The topological polar surface area (TPSA) is 56.8 Å². The number of amides is 1. The summed E-state index contributed by atoms with van der Waals surface area (Å²) < 4.78 is 16.1. The van der Waals surface area contributed by atoms with Crippen molar-refractivity contribution < 1.29 is 19.0 Å². The van der Waals surface area contributed by atoms with Crippen molar-refractivity contribution in [3.8, 4) is 17.2 Å². The van der Waals surface area contributed by atoms with Crippen LogP contribution in [0, 0.1) is 6.92 Å². The molecule has 0 heterocycles. The highest BCUT2D eigenvalue weighted by molar-refractivity contribution is 5.95. The summed E-state index contributed by atoms with van der Waals surface area (Å²) >= 11 is 0. The molecule has 0 saturated heterocycles. The average Bonchev–Trinajstić information content (AvgIpc) is 2.59. The Balaban J connectivity index is 1.93. The fourth-order valence-corrected chi connectivity index (χ4v) is 2.17. The van der Waals surface area contributed by atoms with Crippen molar-refractivity contribution in [2.24, 2.45) is 0 Å². The second-order valence-corrected chi connectivity index (χ2v) is 4.92. The summed E-state index contributed by atoms with van der Waals surface area (Å²) in [6, 6.07) is 12.9. The zero-order valence-electron chi connectivity index (χ0n) is 13.6. The first-order chi connectivity index (χ1) is 11.2. The van der Waals surface area contributed by atoms with Gasteiger partial charge in [-0.3, -0.25) is 4.79 Å². The van der Waals surface area contributed by atoms with Gasteiger partial charge in [-0.1, -0.05) is 18.2 Å². The standard InChI is InChI=1S/C18H21NO4/c1-13-16(21-2)11-14(12-17(13)22-3)18(20)19-9-10-23-15-7-5-4-6-8-15/h4-8,11-12H,9-10H2,1-3H3,(H,19,20). The Morgan fingerprint density at radius 3 is 2.22 bits per heavy atom. The molecule has 0 saturated carbocycles. The Labute approximate surface area is 136 Å². The summed E-state index contributed by atoms with van der Waals surface area (Å²) in [7, 11) is 3.13. The molecule has 0 aliphatic heterocycles. The average molecular weight is 315 g/mol. The van der Waals surface area contributed by atoms with Crippen molar-refractivity contribution in [2.45, 2.75) is 6.92 Å². The van der Waals surface area contributed by atoms with Crippen LogP contribution in [0.5, 0.6) is 17.2 Å². The van der Waals surface area contributed by atoms with Gasteiger partial charge in [0.15, 0.2) is 0 Å². The molecule has 2 aromatic carbocycles. The van der Waals surface area contributed by atoms with Gasteiger partial charge in [-0.2, -0.15) is 0 Å². The Bertz CT molecular complexity index is 630. The zero-order chi connectivity index (χ0) is 16.7. The van der Waals surface area contributed by atoms with E-state index in [1.54, 1.807) is 26.4 Å². The third kappa shape index (κ3) is 4.39. The van der Waals surface area contributed by atoms with E-state index in [0.717, 1.165) is 11.3 Å². The maximum absolute atomic E-state index is 12.2. The second-order valence-electron chi connectivity index (χ2n) is 4.92. The summed E-state index contributed by atoms with van der Waals surface area (Å²) in [5, 5.41) is 2.82. The molecule has 0 unspecified atom stereocenters. The third-order valence-electron chi connectivity index (χ3n) is 3.41. The van der Waals surface area contributed by atoms with Gasteiger partial charge in [-0.15, -0.1) is 0 Å². The van der Waals surface area contributed by atoms with Crippen LogP contribution in [0.1, 0.15) is 15.9 Å². The number of nitrogens with one attached hydrogen (secondary N) is 1. The van der Waals surface area contributed by atoms with Crippen molar-refractivity contribution in [2.75, 3.05) is 27.4 Å². The molecule has 5 heteroatoms. The number of methoxy groups -OCH3 is 2. The Morgan fingerprint density at radius 2 is 1.65 bits per heavy atom. The van der Waals surface area contributed by atoms with E-state index in [9.17, 15) is 4.79 Å². The normalized spacial score (nSPS) is 10.0. The highest BCUT2D eigenvalue weighted by Crippen LogP contribution is 2.29. The van der Waals surface area contributed by atoms with E-state index in [1.807, 2.05) is 37.3 Å². The number of rotatable bonds is 7. The van der Waals surface area contributed by atoms with Gasteiger partial charge >= 0.3 is 0 Å². The highest BCUT2D eigenvalue weighted by atomic mass is 16.5. The molecule has 5 nitrogen and oxygen atoms in total. The molecule has 23 heavy (non-hydrogen) atoms. The van der Waals surface area contributed by atoms with Gasteiger partial charge in [-0.25, -0.2) is 0 Å². The van der Waals surface area contributed by atoms with Crippen LogP contribution in [0.4, 0.5) is 0 Å². The molecule has 0 bridgehead atoms. The SMILES string of the molecule is COc1cc(C(=O)NCCOc2ccccc2)cc(OC)c1C. The lowest BCUT2D eigenvalue weighted by Crippen LogP contribution is -2.28. The molecule has 2 aromatic rings. The van der Waals surface area contributed by atoms with E-state index in [0.29, 0.717) is 30.2 Å². The van der Waals surface area contributed by atoms with Gasteiger partial charge in [0.2, 0.25) is 0 Å². The molecule has 0 spiro atoms. The smallest absolute Gasteiger partial charge is 0.251 e. The second kappa shape index (κ2) is 8.08. The summed E-state index contributed by atoms with van der Waals surface area (Å²) in [5.41, 5.74) is 1.35. The zero-order valence-corrected chi connectivity index (χ0v) is 13.6. The number of benzene rings is 2. The lowest BCUT2D eigenvalue weighted by atomic mass is 10.1. The van der Waals surface area contributed by atoms with Gasteiger partial charge in [0.05, 0.1) is 20.8 Å². The molecular weight excluding hydrogens is 294 g/mol. The Kier molecular flexibility index (Phi) is 5.86. The van der Waals surface area contributed by atoms with E-state index >= 15 is 0 Å². The molecule has 0 atom stereocenters. The van der Waals surface area contributed by atoms with Crippen LogP contribution in [-0.2, 0) is 0 Å². The van der Waals surface area contributed by atoms with Gasteiger partial charge in [0.25, 0.3) is 5.91 Å². The van der Waals surface area contributed by atoms with Crippen LogP contribution < -0.4 is 19.5 Å². The van der Waals surface area contributed by atoms with Crippen LogP contribution in [0.25, 0.3) is 0 Å². The Hall–Kier alpha value is -2.69. The van der Waals surface area contributed by atoms with Crippen LogP contribution in [0.15, 0.2) is 42.5 Å². The minimum absolute atomic E-state index is 0.196. The van der Waals surface area contributed by atoms with Crippen molar-refractivity contribution >= 4 is 5.91 Å². The molecule has 1 amide bonds. The molecular formula is C18H21NO4. The first-order valence-corrected chi connectivity index (χ1v) is 7.34. The summed E-state index contributed by atoms with van der Waals surface area (Å²) in [6.45, 7) is 2.69. The van der Waals surface area contributed by atoms with Gasteiger partial charge in [-0.05, 0) is 31.2 Å². The third-order valence-corrected chi connectivity index (χ3v) is 3.41. The van der Waals surface area contributed by atoms with Crippen LogP contribution in [0.3, 0.4) is 0 Å². The van der Waals surface area contributed by atoms with E-state index in [1.165, 1.54) is 0 Å². The van der Waals surface area contributed by atoms with E-state index in [2.05, 4.69) is 5.32 Å². The number of para-hydroxylation sites is 1. The predicted molar refractivity (Wildman–Crippen MR) is 88.6 cm³/mol. The monoisotopic (exact) mass is 315 g/mol. The summed E-state index contributed by atoms with van der Waals surface area (Å²) in [6.07, 6.45) is 0. The van der Waals surface area contributed by atoms with Crippen molar-refractivity contribution in [3.63, 3.8) is 0 Å². The van der Waals surface area contributed by atoms with Crippen molar-refractivity contribution in [1.29, 1.82) is 0 Å². The molecule has 122 valence electrons. The van der Waals surface area contributed by atoms with E-state index in [-0.39, 0.29) is 5.91 Å². The lowest BCUT2D eigenvalue weighted by molar-refractivity contribution is 0.0946. The predicted octanol–water partition coefficient (Wildman–Crippen LogP) is 2.82. The summed E-state index contributed by atoms with van der Waals surface area (Å²) in [4.78, 5) is 12.2. The van der Waals surface area contributed by atoms with Gasteiger partial charge < -0.3 is 19.5 Å². The van der Waals surface area contributed by atoms with Crippen molar-refractivity contribution in [3.05, 3.63) is 53.6 Å². The number of ether oxygens (including phenoxy) is 3. The minimum atomic E-state index is -0.196. The molecule has 0 aliphatic carbocycles. The molecule has 0 fully saturated rings. The van der Waals surface area contributed by atoms with Gasteiger partial charge in [0.1, 0.15) is 23.9 Å². The molecule has 1 N–H and O–H groups in total. The van der Waals surface area contributed by atoms with Crippen LogP contribution in [0.2, 0.25) is 0 Å². The molecule has 0 radical (unpaired) electrons. The quantitative estimate of drug-likeness (QED) is 0.798. The molecule has 0 aliphatic rings. The molecule has 0 aromatic heterocycles. The van der Waals surface area contributed by atoms with Crippen LogP contribution in [-0.4, -0.2) is 33.3 Å². The summed E-state index contributed by atoms with van der Waals surface area (Å²) in [5.74, 6) is 1.82.